The van der Waals surface area contributed by atoms with Crippen molar-refractivity contribution in [2.45, 2.75) is 0 Å². The third-order valence-corrected chi connectivity index (χ3v) is 3.76. The second-order valence-electron chi connectivity index (χ2n) is 3.93. The summed E-state index contributed by atoms with van der Waals surface area (Å²) in [7, 11) is 0. The number of aromatic nitrogens is 3. The Balaban J connectivity index is 2.38. The fraction of sp³-hybridized carbons (Fsp3) is 0. The van der Waals surface area contributed by atoms with Gasteiger partial charge in [0.25, 0.3) is 5.56 Å². The van der Waals surface area contributed by atoms with E-state index in [0.717, 1.165) is 15.9 Å². The number of rotatable bonds is 2. The van der Waals surface area contributed by atoms with E-state index >= 15 is 0 Å². The molecule has 20 heavy (non-hydrogen) atoms. The van der Waals surface area contributed by atoms with Crippen molar-refractivity contribution in [2.24, 2.45) is 0 Å². The van der Waals surface area contributed by atoms with Crippen LogP contribution in [-0.2, 0) is 0 Å². The Labute approximate surface area is 114 Å². The van der Waals surface area contributed by atoms with Crippen molar-refractivity contribution >= 4 is 27.5 Å². The van der Waals surface area contributed by atoms with E-state index < -0.39 is 17.2 Å². The van der Waals surface area contributed by atoms with Gasteiger partial charge in [0, 0.05) is 12.4 Å². The van der Waals surface area contributed by atoms with Crippen molar-refractivity contribution in [1.29, 1.82) is 0 Å². The number of nitrogens with one attached hydrogen (secondary N) is 1. The van der Waals surface area contributed by atoms with Gasteiger partial charge in [0.15, 0.2) is 0 Å². The quantitative estimate of drug-likeness (QED) is 0.727. The second kappa shape index (κ2) is 4.42. The van der Waals surface area contributed by atoms with Gasteiger partial charge < -0.3 is 5.11 Å². The summed E-state index contributed by atoms with van der Waals surface area (Å²) >= 11 is 0.857. The number of aromatic amines is 1. The lowest BCUT2D eigenvalue weighted by Gasteiger charge is -2.03. The molecule has 3 heterocycles. The highest BCUT2D eigenvalue weighted by atomic mass is 32.1. The highest BCUT2D eigenvalue weighted by Gasteiger charge is 2.15. The Hall–Kier alpha value is -2.74. The summed E-state index contributed by atoms with van der Waals surface area (Å²) < 4.78 is 0.947. The van der Waals surface area contributed by atoms with Gasteiger partial charge in [-0.2, -0.15) is 0 Å². The average molecular weight is 289 g/mol. The van der Waals surface area contributed by atoms with Crippen LogP contribution in [0.25, 0.3) is 15.9 Å². The minimum Gasteiger partial charge on any atom is -0.477 e. The van der Waals surface area contributed by atoms with Gasteiger partial charge in [-0.1, -0.05) is 0 Å². The zero-order chi connectivity index (χ0) is 14.3. The first-order valence-electron chi connectivity index (χ1n) is 5.50. The first kappa shape index (κ1) is 12.3. The molecule has 0 aliphatic heterocycles. The number of H-pyrrole nitrogens is 1. The number of pyridine rings is 1. The Morgan fingerprint density at radius 2 is 2.00 bits per heavy atom. The van der Waals surface area contributed by atoms with Gasteiger partial charge in [0.2, 0.25) is 0 Å². The minimum atomic E-state index is -1.14. The number of carboxylic acids is 1. The van der Waals surface area contributed by atoms with Gasteiger partial charge in [-0.25, -0.2) is 14.2 Å². The lowest BCUT2D eigenvalue weighted by molar-refractivity contribution is 0.0702. The van der Waals surface area contributed by atoms with Gasteiger partial charge in [-0.15, -0.1) is 11.3 Å². The molecule has 0 amide bonds. The van der Waals surface area contributed by atoms with Gasteiger partial charge in [0.05, 0.1) is 11.1 Å². The number of hydrogen-bond donors (Lipinski definition) is 2. The lowest BCUT2D eigenvalue weighted by Crippen LogP contribution is -2.33. The predicted octanol–water partition coefficient (Wildman–Crippen LogP) is 0.834. The summed E-state index contributed by atoms with van der Waals surface area (Å²) in [4.78, 5) is 41.8. The summed E-state index contributed by atoms with van der Waals surface area (Å²) in [6.07, 6.45) is 2.92. The van der Waals surface area contributed by atoms with Crippen molar-refractivity contribution in [3.8, 4) is 5.69 Å². The maximum Gasteiger partial charge on any atom is 0.345 e. The van der Waals surface area contributed by atoms with Gasteiger partial charge in [-0.3, -0.25) is 14.8 Å². The highest BCUT2D eigenvalue weighted by molar-refractivity contribution is 7.20. The second-order valence-corrected chi connectivity index (χ2v) is 4.99. The summed E-state index contributed by atoms with van der Waals surface area (Å²) in [5.41, 5.74) is -0.803. The molecule has 0 aliphatic carbocycles. The van der Waals surface area contributed by atoms with E-state index in [4.69, 9.17) is 5.11 Å². The molecule has 0 radical (unpaired) electrons. The number of fused-ring (bicyclic) bond motifs is 1. The fourth-order valence-corrected chi connectivity index (χ4v) is 2.72. The van der Waals surface area contributed by atoms with E-state index in [0.29, 0.717) is 5.69 Å². The molecule has 7 nitrogen and oxygen atoms in total. The van der Waals surface area contributed by atoms with Crippen LogP contribution in [-0.4, -0.2) is 25.6 Å². The van der Waals surface area contributed by atoms with Crippen molar-refractivity contribution in [3.63, 3.8) is 0 Å². The summed E-state index contributed by atoms with van der Waals surface area (Å²) in [5.74, 6) is -1.14. The zero-order valence-electron chi connectivity index (χ0n) is 9.86. The van der Waals surface area contributed by atoms with Crippen molar-refractivity contribution < 1.29 is 9.90 Å². The molecule has 0 atom stereocenters. The lowest BCUT2D eigenvalue weighted by atomic mass is 10.3. The smallest absolute Gasteiger partial charge is 0.345 e. The third kappa shape index (κ3) is 1.82. The number of aromatic carboxylic acids is 1. The monoisotopic (exact) mass is 289 g/mol. The van der Waals surface area contributed by atoms with Crippen LogP contribution < -0.4 is 11.2 Å². The number of carboxylic acid groups (broad SMARTS) is 1. The van der Waals surface area contributed by atoms with Crippen LogP contribution in [0.2, 0.25) is 0 Å². The number of hydrogen-bond acceptors (Lipinski definition) is 5. The number of carbonyl (C=O) groups is 1. The largest absolute Gasteiger partial charge is 0.477 e. The molecule has 0 aliphatic rings. The van der Waals surface area contributed by atoms with E-state index in [1.807, 2.05) is 0 Å². The van der Waals surface area contributed by atoms with Crippen LogP contribution in [0.4, 0.5) is 0 Å². The standard InChI is InChI=1S/C12H7N3O4S/c16-10-7-5-8(11(17)18)20-9(7)14-12(19)15(10)6-1-3-13-4-2-6/h1-5H,(H,14,19)(H,17,18). The van der Waals surface area contributed by atoms with Crippen molar-refractivity contribution in [1.82, 2.24) is 14.5 Å². The molecular weight excluding hydrogens is 282 g/mol. The molecule has 2 N–H and O–H groups in total. The average Bonchev–Trinajstić information content (AvgIpc) is 2.84. The maximum atomic E-state index is 12.3. The normalized spacial score (nSPS) is 10.8. The Morgan fingerprint density at radius 1 is 1.30 bits per heavy atom. The van der Waals surface area contributed by atoms with E-state index in [-0.39, 0.29) is 15.1 Å². The Morgan fingerprint density at radius 3 is 2.65 bits per heavy atom. The molecule has 0 fully saturated rings. The summed E-state index contributed by atoms with van der Waals surface area (Å²) in [6, 6.07) is 4.30. The predicted molar refractivity (Wildman–Crippen MR) is 72.8 cm³/mol. The molecule has 100 valence electrons. The van der Waals surface area contributed by atoms with Gasteiger partial charge >= 0.3 is 11.7 Å². The van der Waals surface area contributed by atoms with E-state index in [1.54, 1.807) is 0 Å². The molecule has 0 spiro atoms. The first-order valence-corrected chi connectivity index (χ1v) is 6.32. The summed E-state index contributed by atoms with van der Waals surface area (Å²) in [6.45, 7) is 0. The van der Waals surface area contributed by atoms with Crippen molar-refractivity contribution in [3.05, 3.63) is 56.3 Å². The number of nitrogens with zero attached hydrogens (tertiary/aromatic N) is 2. The number of thiophene rings is 1. The van der Waals surface area contributed by atoms with Gasteiger partial charge in [-0.05, 0) is 18.2 Å². The third-order valence-electron chi connectivity index (χ3n) is 2.72. The Kier molecular flexibility index (Phi) is 2.72. The molecular formula is C12H7N3O4S. The molecule has 8 heteroatoms. The molecule has 3 aromatic rings. The van der Waals surface area contributed by atoms with Crippen LogP contribution in [0.3, 0.4) is 0 Å². The summed E-state index contributed by atoms with van der Waals surface area (Å²) in [5, 5.41) is 9.10. The molecule has 0 saturated carbocycles. The molecule has 0 unspecified atom stereocenters. The molecule has 0 bridgehead atoms. The highest BCUT2D eigenvalue weighted by Crippen LogP contribution is 2.20. The van der Waals surface area contributed by atoms with Crippen LogP contribution >= 0.6 is 11.3 Å². The van der Waals surface area contributed by atoms with E-state index in [9.17, 15) is 14.4 Å². The van der Waals surface area contributed by atoms with E-state index in [1.165, 1.54) is 30.6 Å². The molecule has 3 rings (SSSR count). The fourth-order valence-electron chi connectivity index (χ4n) is 1.84. The van der Waals surface area contributed by atoms with Crippen LogP contribution in [0.15, 0.2) is 40.2 Å². The van der Waals surface area contributed by atoms with E-state index in [2.05, 4.69) is 9.97 Å². The molecule has 0 aromatic carbocycles. The Bertz CT molecular complexity index is 923. The molecule has 3 aromatic heterocycles. The zero-order valence-corrected chi connectivity index (χ0v) is 10.7. The van der Waals surface area contributed by atoms with Crippen LogP contribution in [0.5, 0.6) is 0 Å². The SMILES string of the molecule is O=C(O)c1cc2c(=O)n(-c3ccncc3)c(=O)[nH]c2s1. The van der Waals surface area contributed by atoms with Crippen LogP contribution in [0, 0.1) is 0 Å². The first-order chi connectivity index (χ1) is 9.58. The topological polar surface area (TPSA) is 105 Å². The van der Waals surface area contributed by atoms with Gasteiger partial charge in [0.1, 0.15) is 9.71 Å². The molecule has 0 saturated heterocycles. The minimum absolute atomic E-state index is 0.000211. The van der Waals surface area contributed by atoms with Crippen molar-refractivity contribution in [2.75, 3.05) is 0 Å². The van der Waals surface area contributed by atoms with Crippen LogP contribution in [0.1, 0.15) is 9.67 Å². The maximum absolute atomic E-state index is 12.3.